The Balaban J connectivity index is 2.67. The minimum absolute atomic E-state index is 0.135. The molecule has 0 heterocycles. The number of amides is 2. The first-order valence-electron chi connectivity index (χ1n) is 10.7. The molecule has 3 N–H and O–H groups in total. The molecule has 0 saturated heterocycles. The number of aliphatic hydroxyl groups is 1. The van der Waals surface area contributed by atoms with Crippen molar-refractivity contribution < 1.29 is 23.1 Å². The maximum atomic E-state index is 13.0. The van der Waals surface area contributed by atoms with Crippen molar-refractivity contribution in [2.75, 3.05) is 19.8 Å². The molecule has 5 unspecified atom stereocenters. The largest absolute Gasteiger partial charge is 0.390 e. The molecule has 176 valence electrons. The molecule has 0 bridgehead atoms. The Hall–Kier alpha value is -1.19. The first kappa shape index (κ1) is 26.8. The van der Waals surface area contributed by atoms with Crippen molar-refractivity contribution >= 4 is 21.8 Å². The third kappa shape index (κ3) is 6.40. The number of hydrogen-bond donors (Lipinski definition) is 3. The molecule has 9 heteroatoms. The second-order valence-electron chi connectivity index (χ2n) is 9.86. The van der Waals surface area contributed by atoms with E-state index in [-0.39, 0.29) is 18.4 Å². The maximum Gasteiger partial charge on any atom is 0.242 e. The van der Waals surface area contributed by atoms with E-state index in [1.807, 2.05) is 13.8 Å². The number of rotatable bonds is 9. The molecule has 0 aliphatic heterocycles. The van der Waals surface area contributed by atoms with Crippen LogP contribution in [0.2, 0.25) is 0 Å². The van der Waals surface area contributed by atoms with Crippen LogP contribution in [-0.4, -0.2) is 67.7 Å². The van der Waals surface area contributed by atoms with E-state index >= 15 is 0 Å². The Morgan fingerprint density at radius 3 is 2.10 bits per heavy atom. The van der Waals surface area contributed by atoms with Gasteiger partial charge in [-0.15, -0.1) is 0 Å². The fourth-order valence-electron chi connectivity index (χ4n) is 4.29. The molecule has 0 aromatic heterocycles. The first-order chi connectivity index (χ1) is 13.5. The molecule has 0 spiro atoms. The number of carbonyl (C=O) groups excluding carboxylic acids is 2. The topological polar surface area (TPSA) is 116 Å². The summed E-state index contributed by atoms with van der Waals surface area (Å²) in [6.45, 7) is 13.6. The highest BCUT2D eigenvalue weighted by molar-refractivity contribution is 7.88. The fourth-order valence-corrected chi connectivity index (χ4v) is 4.71. The van der Waals surface area contributed by atoms with Gasteiger partial charge in [-0.1, -0.05) is 34.6 Å². The number of aliphatic hydroxyl groups excluding tert-OH is 1. The summed E-state index contributed by atoms with van der Waals surface area (Å²) in [6.07, 6.45) is 0.963. The average Bonchev–Trinajstić information content (AvgIpc) is 2.88. The molecule has 30 heavy (non-hydrogen) atoms. The minimum atomic E-state index is -3.43. The summed E-state index contributed by atoms with van der Waals surface area (Å²) in [5, 5.41) is 15.7. The molecule has 1 aliphatic carbocycles. The van der Waals surface area contributed by atoms with Gasteiger partial charge in [0.1, 0.15) is 6.04 Å². The Bertz CT molecular complexity index is 724. The predicted octanol–water partition coefficient (Wildman–Crippen LogP) is 1.20. The number of carbonyl (C=O) groups is 2. The van der Waals surface area contributed by atoms with Gasteiger partial charge < -0.3 is 15.7 Å². The van der Waals surface area contributed by atoms with Crippen molar-refractivity contribution in [2.45, 2.75) is 73.1 Å². The molecule has 0 aromatic carbocycles. The van der Waals surface area contributed by atoms with Crippen LogP contribution in [0.4, 0.5) is 0 Å². The van der Waals surface area contributed by atoms with Gasteiger partial charge in [0.15, 0.2) is 0 Å². The molecule has 8 nitrogen and oxygen atoms in total. The third-order valence-corrected chi connectivity index (χ3v) is 8.48. The number of sulfonamides is 1. The van der Waals surface area contributed by atoms with Gasteiger partial charge in [0.05, 0.1) is 18.4 Å². The van der Waals surface area contributed by atoms with Crippen molar-refractivity contribution in [1.82, 2.24) is 14.9 Å². The zero-order chi connectivity index (χ0) is 23.6. The second kappa shape index (κ2) is 9.96. The van der Waals surface area contributed by atoms with Gasteiger partial charge in [-0.3, -0.25) is 9.59 Å². The molecular formula is C21H41N3O5S. The fraction of sp³-hybridized carbons (Fsp3) is 0.905. The van der Waals surface area contributed by atoms with Crippen molar-refractivity contribution in [3.05, 3.63) is 0 Å². The predicted molar refractivity (Wildman–Crippen MR) is 118 cm³/mol. The van der Waals surface area contributed by atoms with Crippen LogP contribution in [0, 0.1) is 29.1 Å². The zero-order valence-electron chi connectivity index (χ0n) is 19.9. The standard InChI is InChI=1S/C21H41N3O5S/c1-12-10-17(14(3)13(12)2)21(6,7)20(27)23-16(5)19(26)22-15(4)18(25)11-24(8)30(9,28)29/h12-18,25H,10-11H2,1-9H3,(H,22,26)(H,23,27)/t12?,13?,14?,15-,16?,17?,18+/m0/s1. The number of hydrogen-bond acceptors (Lipinski definition) is 5. The molecule has 1 saturated carbocycles. The van der Waals surface area contributed by atoms with E-state index < -0.39 is 39.5 Å². The van der Waals surface area contributed by atoms with Gasteiger partial charge >= 0.3 is 0 Å². The van der Waals surface area contributed by atoms with Crippen LogP contribution >= 0.6 is 0 Å². The van der Waals surface area contributed by atoms with Crippen molar-refractivity contribution in [2.24, 2.45) is 29.1 Å². The summed E-state index contributed by atoms with van der Waals surface area (Å²) in [6, 6.07) is -1.45. The molecule has 1 rings (SSSR count). The van der Waals surface area contributed by atoms with Crippen LogP contribution in [-0.2, 0) is 19.6 Å². The highest BCUT2D eigenvalue weighted by Gasteiger charge is 2.47. The lowest BCUT2D eigenvalue weighted by molar-refractivity contribution is -0.137. The first-order valence-corrected chi connectivity index (χ1v) is 12.6. The molecule has 1 fully saturated rings. The van der Waals surface area contributed by atoms with E-state index in [1.165, 1.54) is 7.05 Å². The Kier molecular flexibility index (Phi) is 8.91. The molecule has 0 radical (unpaired) electrons. The molecule has 2 amide bonds. The minimum Gasteiger partial charge on any atom is -0.390 e. The lowest BCUT2D eigenvalue weighted by atomic mass is 9.72. The van der Waals surface area contributed by atoms with Crippen molar-refractivity contribution in [3.8, 4) is 0 Å². The monoisotopic (exact) mass is 447 g/mol. The normalized spacial score (nSPS) is 28.1. The zero-order valence-corrected chi connectivity index (χ0v) is 20.7. The summed E-state index contributed by atoms with van der Waals surface area (Å²) in [5.41, 5.74) is -0.601. The SMILES string of the molecule is CC(NC(=O)C(C)(C)C1CC(C)C(C)C1C)C(=O)N[C@@H](C)[C@H](O)CN(C)S(C)(=O)=O. The number of likely N-dealkylation sites (N-methyl/N-ethyl adjacent to an activating group) is 1. The van der Waals surface area contributed by atoms with Crippen LogP contribution in [0.1, 0.15) is 54.9 Å². The van der Waals surface area contributed by atoms with Gasteiger partial charge in [-0.25, -0.2) is 12.7 Å². The molecular weight excluding hydrogens is 406 g/mol. The van der Waals surface area contributed by atoms with Gasteiger partial charge in [-0.2, -0.15) is 0 Å². The third-order valence-electron chi connectivity index (χ3n) is 7.20. The van der Waals surface area contributed by atoms with E-state index in [9.17, 15) is 23.1 Å². The average molecular weight is 448 g/mol. The summed E-state index contributed by atoms with van der Waals surface area (Å²) >= 11 is 0. The van der Waals surface area contributed by atoms with E-state index in [2.05, 4.69) is 31.4 Å². The Morgan fingerprint density at radius 1 is 1.13 bits per heavy atom. The van der Waals surface area contributed by atoms with Crippen LogP contribution in [0.5, 0.6) is 0 Å². The lowest BCUT2D eigenvalue weighted by Gasteiger charge is -2.35. The van der Waals surface area contributed by atoms with Gasteiger partial charge in [0, 0.05) is 19.0 Å². The number of nitrogens with one attached hydrogen (secondary N) is 2. The van der Waals surface area contributed by atoms with Crippen molar-refractivity contribution in [3.63, 3.8) is 0 Å². The Labute approximate surface area is 182 Å². The highest BCUT2D eigenvalue weighted by atomic mass is 32.2. The second-order valence-corrected chi connectivity index (χ2v) is 12.0. The van der Waals surface area contributed by atoms with Crippen molar-refractivity contribution in [1.29, 1.82) is 0 Å². The van der Waals surface area contributed by atoms with Gasteiger partial charge in [-0.05, 0) is 43.9 Å². The van der Waals surface area contributed by atoms with E-state index in [1.54, 1.807) is 13.8 Å². The molecule has 1 aliphatic rings. The van der Waals surface area contributed by atoms with Gasteiger partial charge in [0.2, 0.25) is 21.8 Å². The van der Waals surface area contributed by atoms with Gasteiger partial charge in [0.25, 0.3) is 0 Å². The van der Waals surface area contributed by atoms with Crippen LogP contribution in [0.3, 0.4) is 0 Å². The lowest BCUT2D eigenvalue weighted by Crippen LogP contribution is -2.54. The van der Waals surface area contributed by atoms with E-state index in [0.717, 1.165) is 17.0 Å². The Morgan fingerprint density at radius 2 is 1.67 bits per heavy atom. The summed E-state index contributed by atoms with van der Waals surface area (Å²) in [4.78, 5) is 25.5. The number of nitrogens with zero attached hydrogens (tertiary/aromatic N) is 1. The van der Waals surface area contributed by atoms with Crippen LogP contribution in [0.15, 0.2) is 0 Å². The quantitative estimate of drug-likeness (QED) is 0.491. The highest BCUT2D eigenvalue weighted by Crippen LogP contribution is 2.49. The summed E-state index contributed by atoms with van der Waals surface area (Å²) in [7, 11) is -2.06. The molecule has 7 atom stereocenters. The van der Waals surface area contributed by atoms with Crippen LogP contribution < -0.4 is 10.6 Å². The smallest absolute Gasteiger partial charge is 0.242 e. The summed E-state index contributed by atoms with van der Waals surface area (Å²) in [5.74, 6) is 1.19. The van der Waals surface area contributed by atoms with Crippen LogP contribution in [0.25, 0.3) is 0 Å². The van der Waals surface area contributed by atoms with E-state index in [4.69, 9.17) is 0 Å². The summed E-state index contributed by atoms with van der Waals surface area (Å²) < 4.78 is 24.0. The maximum absolute atomic E-state index is 13.0. The van der Waals surface area contributed by atoms with E-state index in [0.29, 0.717) is 17.8 Å². The molecule has 0 aromatic rings.